The van der Waals surface area contributed by atoms with Crippen LogP contribution in [0.5, 0.6) is 0 Å². The summed E-state index contributed by atoms with van der Waals surface area (Å²) in [5.41, 5.74) is -0.0269. The number of esters is 1. The van der Waals surface area contributed by atoms with Crippen LogP contribution in [0.3, 0.4) is 0 Å². The van der Waals surface area contributed by atoms with Crippen molar-refractivity contribution in [3.05, 3.63) is 33.9 Å². The first-order valence-electron chi connectivity index (χ1n) is 8.83. The summed E-state index contributed by atoms with van der Waals surface area (Å²) in [6.45, 7) is 7.33. The number of nitrogens with one attached hydrogen (secondary N) is 1. The van der Waals surface area contributed by atoms with Gasteiger partial charge < -0.3 is 19.7 Å². The number of morpholine rings is 1. The lowest BCUT2D eigenvalue weighted by molar-refractivity contribution is -0.384. The molecule has 0 bridgehead atoms. The number of nitro groups is 1. The van der Waals surface area contributed by atoms with E-state index in [-0.39, 0.29) is 11.3 Å². The van der Waals surface area contributed by atoms with Gasteiger partial charge in [0.25, 0.3) is 11.6 Å². The van der Waals surface area contributed by atoms with Crippen molar-refractivity contribution >= 4 is 23.3 Å². The maximum absolute atomic E-state index is 12.5. The summed E-state index contributed by atoms with van der Waals surface area (Å²) in [5.74, 6) is -1.20. The van der Waals surface area contributed by atoms with Crippen LogP contribution >= 0.6 is 0 Å². The predicted octanol–water partition coefficient (Wildman–Crippen LogP) is 1.89. The molecule has 2 rings (SSSR count). The van der Waals surface area contributed by atoms with E-state index in [4.69, 9.17) is 9.47 Å². The van der Waals surface area contributed by atoms with Crippen LogP contribution in [0.2, 0.25) is 0 Å². The molecule has 9 heteroatoms. The van der Waals surface area contributed by atoms with E-state index in [1.165, 1.54) is 18.2 Å². The summed E-state index contributed by atoms with van der Waals surface area (Å²) in [6, 6.07) is 4.05. The van der Waals surface area contributed by atoms with Crippen LogP contribution in [0.25, 0.3) is 0 Å². The molecule has 0 aromatic heterocycles. The number of anilines is 1. The van der Waals surface area contributed by atoms with Gasteiger partial charge >= 0.3 is 5.97 Å². The van der Waals surface area contributed by atoms with Crippen molar-refractivity contribution in [3.8, 4) is 0 Å². The Morgan fingerprint density at radius 3 is 2.59 bits per heavy atom. The molecule has 1 aliphatic heterocycles. The van der Waals surface area contributed by atoms with Crippen LogP contribution in [0.15, 0.2) is 18.2 Å². The highest BCUT2D eigenvalue weighted by molar-refractivity contribution is 5.97. The lowest BCUT2D eigenvalue weighted by Gasteiger charge is -2.30. The van der Waals surface area contributed by atoms with Crippen LogP contribution in [0.4, 0.5) is 11.4 Å². The molecule has 1 amide bonds. The number of ether oxygens (including phenoxy) is 2. The molecule has 0 radical (unpaired) electrons. The normalized spacial score (nSPS) is 14.6. The average Bonchev–Trinajstić information content (AvgIpc) is 2.66. The number of carbonyl (C=O) groups is 2. The molecule has 1 heterocycles. The molecule has 1 aliphatic rings. The summed E-state index contributed by atoms with van der Waals surface area (Å²) in [6.07, 6.45) is 0.721. The van der Waals surface area contributed by atoms with Gasteiger partial charge in [-0.3, -0.25) is 14.9 Å². The summed E-state index contributed by atoms with van der Waals surface area (Å²) < 4.78 is 10.4. The fraction of sp³-hybridized carbons (Fsp3) is 0.556. The van der Waals surface area contributed by atoms with E-state index >= 15 is 0 Å². The zero-order valence-corrected chi connectivity index (χ0v) is 15.8. The highest BCUT2D eigenvalue weighted by Gasteiger charge is 2.24. The lowest BCUT2D eigenvalue weighted by atomic mass is 10.0. The van der Waals surface area contributed by atoms with Gasteiger partial charge in [0.15, 0.2) is 6.61 Å². The van der Waals surface area contributed by atoms with Crippen LogP contribution in [0.1, 0.15) is 37.6 Å². The Labute approximate surface area is 157 Å². The van der Waals surface area contributed by atoms with Crippen molar-refractivity contribution in [1.29, 1.82) is 0 Å². The number of hydrogen-bond acceptors (Lipinski definition) is 7. The van der Waals surface area contributed by atoms with E-state index in [9.17, 15) is 19.7 Å². The van der Waals surface area contributed by atoms with Gasteiger partial charge in [-0.2, -0.15) is 0 Å². The molecule has 1 aromatic carbocycles. The quantitative estimate of drug-likeness (QED) is 0.437. The largest absolute Gasteiger partial charge is 0.452 e. The number of nitro benzene ring substituents is 1. The third-order valence-electron chi connectivity index (χ3n) is 4.46. The first-order valence-corrected chi connectivity index (χ1v) is 8.83. The zero-order valence-electron chi connectivity index (χ0n) is 15.8. The summed E-state index contributed by atoms with van der Waals surface area (Å²) >= 11 is 0. The van der Waals surface area contributed by atoms with Crippen LogP contribution in [-0.2, 0) is 14.3 Å². The third kappa shape index (κ3) is 5.65. The standard InChI is InChI=1S/C18H25N3O6/c1-4-18(2,3)19-16(22)12-27-17(23)14-11-13(21(24)25)5-6-15(14)20-7-9-26-10-8-20/h5-6,11H,4,7-10,12H2,1-3H3,(H,19,22). The monoisotopic (exact) mass is 379 g/mol. The molecular formula is C18H25N3O6. The Hall–Kier alpha value is -2.68. The predicted molar refractivity (Wildman–Crippen MR) is 98.9 cm³/mol. The second kappa shape index (κ2) is 8.81. The summed E-state index contributed by atoms with van der Waals surface area (Å²) in [7, 11) is 0. The van der Waals surface area contributed by atoms with E-state index in [1.54, 1.807) is 0 Å². The minimum Gasteiger partial charge on any atom is -0.452 e. The Morgan fingerprint density at radius 1 is 1.33 bits per heavy atom. The molecule has 0 unspecified atom stereocenters. The Morgan fingerprint density at radius 2 is 2.00 bits per heavy atom. The van der Waals surface area contributed by atoms with E-state index in [2.05, 4.69) is 5.32 Å². The van der Waals surface area contributed by atoms with Crippen molar-refractivity contribution in [3.63, 3.8) is 0 Å². The van der Waals surface area contributed by atoms with Crippen molar-refractivity contribution in [1.82, 2.24) is 5.32 Å². The molecule has 1 fully saturated rings. The van der Waals surface area contributed by atoms with E-state index in [0.717, 1.165) is 6.42 Å². The smallest absolute Gasteiger partial charge is 0.341 e. The second-order valence-electron chi connectivity index (χ2n) is 6.92. The topological polar surface area (TPSA) is 111 Å². The first-order chi connectivity index (χ1) is 12.7. The molecule has 0 aliphatic carbocycles. The number of carbonyl (C=O) groups excluding carboxylic acids is 2. The molecule has 1 aromatic rings. The lowest BCUT2D eigenvalue weighted by Crippen LogP contribution is -2.44. The summed E-state index contributed by atoms with van der Waals surface area (Å²) in [5, 5.41) is 13.8. The van der Waals surface area contributed by atoms with E-state index in [1.807, 2.05) is 25.7 Å². The molecule has 0 spiro atoms. The highest BCUT2D eigenvalue weighted by atomic mass is 16.6. The number of rotatable bonds is 7. The molecule has 27 heavy (non-hydrogen) atoms. The van der Waals surface area contributed by atoms with Gasteiger partial charge in [0.05, 0.1) is 29.4 Å². The van der Waals surface area contributed by atoms with Crippen LogP contribution in [-0.4, -0.2) is 55.2 Å². The van der Waals surface area contributed by atoms with E-state index < -0.39 is 28.9 Å². The van der Waals surface area contributed by atoms with Crippen molar-refractivity contribution in [2.24, 2.45) is 0 Å². The van der Waals surface area contributed by atoms with Gasteiger partial charge in [-0.25, -0.2) is 4.79 Å². The molecule has 9 nitrogen and oxygen atoms in total. The molecule has 0 saturated carbocycles. The minimum absolute atomic E-state index is 0.0636. The zero-order chi connectivity index (χ0) is 20.0. The number of non-ortho nitro benzene ring substituents is 1. The van der Waals surface area contributed by atoms with Gasteiger partial charge in [0.1, 0.15) is 0 Å². The van der Waals surface area contributed by atoms with Gasteiger partial charge in [-0.1, -0.05) is 6.92 Å². The van der Waals surface area contributed by atoms with E-state index in [0.29, 0.717) is 32.0 Å². The van der Waals surface area contributed by atoms with Gasteiger partial charge in [-0.05, 0) is 26.3 Å². The maximum Gasteiger partial charge on any atom is 0.341 e. The Balaban J connectivity index is 2.16. The van der Waals surface area contributed by atoms with Gasteiger partial charge in [0, 0.05) is 30.8 Å². The molecule has 0 atom stereocenters. The first kappa shape index (κ1) is 20.6. The molecule has 1 saturated heterocycles. The fourth-order valence-corrected chi connectivity index (χ4v) is 2.59. The number of amides is 1. The molecular weight excluding hydrogens is 354 g/mol. The van der Waals surface area contributed by atoms with Crippen molar-refractivity contribution < 1.29 is 24.0 Å². The third-order valence-corrected chi connectivity index (χ3v) is 4.46. The Kier molecular flexibility index (Phi) is 6.73. The van der Waals surface area contributed by atoms with Crippen LogP contribution < -0.4 is 10.2 Å². The van der Waals surface area contributed by atoms with Gasteiger partial charge in [0.2, 0.25) is 0 Å². The average molecular weight is 379 g/mol. The SMILES string of the molecule is CCC(C)(C)NC(=O)COC(=O)c1cc([N+](=O)[O-])ccc1N1CCOCC1. The molecule has 148 valence electrons. The fourth-order valence-electron chi connectivity index (χ4n) is 2.59. The van der Waals surface area contributed by atoms with Gasteiger partial charge in [-0.15, -0.1) is 0 Å². The molecule has 1 N–H and O–H groups in total. The maximum atomic E-state index is 12.5. The highest BCUT2D eigenvalue weighted by Crippen LogP contribution is 2.27. The second-order valence-corrected chi connectivity index (χ2v) is 6.92. The summed E-state index contributed by atoms with van der Waals surface area (Å²) in [4.78, 5) is 36.9. The number of hydrogen-bond donors (Lipinski definition) is 1. The van der Waals surface area contributed by atoms with Crippen molar-refractivity contribution in [2.75, 3.05) is 37.8 Å². The number of benzene rings is 1. The van der Waals surface area contributed by atoms with Crippen LogP contribution in [0, 0.1) is 10.1 Å². The van der Waals surface area contributed by atoms with Crippen molar-refractivity contribution in [2.45, 2.75) is 32.7 Å². The minimum atomic E-state index is -0.773. The Bertz CT molecular complexity index is 713. The number of nitrogens with zero attached hydrogens (tertiary/aromatic N) is 2.